The first-order valence-electron chi connectivity index (χ1n) is 8.18. The summed E-state index contributed by atoms with van der Waals surface area (Å²) in [5.74, 6) is 1.88. The van der Waals surface area contributed by atoms with Gasteiger partial charge in [-0.1, -0.05) is 12.1 Å². The molecule has 0 spiro atoms. The quantitative estimate of drug-likeness (QED) is 0.366. The van der Waals surface area contributed by atoms with Crippen LogP contribution in [-0.4, -0.2) is 29.5 Å². The number of hydrogen-bond donors (Lipinski definition) is 3. The Balaban J connectivity index is 1.41. The maximum Gasteiger partial charge on any atom is 0.191 e. The van der Waals surface area contributed by atoms with E-state index in [2.05, 4.69) is 50.7 Å². The Hall–Kier alpha value is -2.34. The second-order valence-corrected chi connectivity index (χ2v) is 7.04. The monoisotopic (exact) mass is 341 g/mol. The van der Waals surface area contributed by atoms with Crippen LogP contribution in [0.2, 0.25) is 0 Å². The first kappa shape index (κ1) is 16.5. The van der Waals surface area contributed by atoms with Gasteiger partial charge in [-0.25, -0.2) is 4.98 Å². The molecule has 0 atom stereocenters. The molecule has 3 aromatic rings. The molecule has 1 aromatic carbocycles. The van der Waals surface area contributed by atoms with Crippen LogP contribution >= 0.6 is 11.3 Å². The third-order valence-corrected chi connectivity index (χ3v) is 4.77. The molecule has 0 radical (unpaired) electrons. The van der Waals surface area contributed by atoms with E-state index in [1.54, 1.807) is 7.05 Å². The van der Waals surface area contributed by atoms with Crippen molar-refractivity contribution < 1.29 is 0 Å². The Bertz CT molecular complexity index is 785. The van der Waals surface area contributed by atoms with Crippen molar-refractivity contribution >= 4 is 28.3 Å². The summed E-state index contributed by atoms with van der Waals surface area (Å²) in [6.07, 6.45) is 1.92. The third kappa shape index (κ3) is 4.35. The van der Waals surface area contributed by atoms with Gasteiger partial charge < -0.3 is 15.6 Å². The topological polar surface area (TPSA) is 65.1 Å². The van der Waals surface area contributed by atoms with Crippen molar-refractivity contribution in [3.63, 3.8) is 0 Å². The molecule has 3 N–H and O–H groups in total. The highest BCUT2D eigenvalue weighted by molar-refractivity contribution is 7.11. The van der Waals surface area contributed by atoms with Gasteiger partial charge in [0.15, 0.2) is 5.96 Å². The number of fused-ring (bicyclic) bond motifs is 1. The maximum atomic E-state index is 4.60. The van der Waals surface area contributed by atoms with E-state index in [1.807, 2.05) is 29.5 Å². The van der Waals surface area contributed by atoms with Crippen molar-refractivity contribution in [1.29, 1.82) is 0 Å². The van der Waals surface area contributed by atoms with Gasteiger partial charge in [0.05, 0.1) is 17.6 Å². The lowest BCUT2D eigenvalue weighted by molar-refractivity contribution is 0.727. The molecule has 0 unspecified atom stereocenters. The lowest BCUT2D eigenvalue weighted by Gasteiger charge is -2.10. The van der Waals surface area contributed by atoms with Gasteiger partial charge in [0.2, 0.25) is 0 Å². The van der Waals surface area contributed by atoms with E-state index >= 15 is 0 Å². The number of aromatic amines is 1. The number of nitrogens with one attached hydrogen (secondary N) is 3. The summed E-state index contributed by atoms with van der Waals surface area (Å²) < 4.78 is 0. The molecule has 0 aliphatic carbocycles. The molecule has 0 bridgehead atoms. The minimum Gasteiger partial charge on any atom is -0.356 e. The summed E-state index contributed by atoms with van der Waals surface area (Å²) in [6.45, 7) is 3.79. The van der Waals surface area contributed by atoms with Crippen LogP contribution in [0.5, 0.6) is 0 Å². The smallest absolute Gasteiger partial charge is 0.191 e. The van der Waals surface area contributed by atoms with Crippen molar-refractivity contribution in [1.82, 2.24) is 20.6 Å². The summed E-state index contributed by atoms with van der Waals surface area (Å²) in [5, 5.41) is 6.70. The molecule has 0 saturated carbocycles. The fraction of sp³-hybridized carbons (Fsp3) is 0.333. The molecule has 6 heteroatoms. The number of rotatable bonds is 6. The second-order valence-electron chi connectivity index (χ2n) is 5.67. The number of imidazole rings is 1. The lowest BCUT2D eigenvalue weighted by atomic mass is 10.3. The standard InChI is InChI=1S/C18H23N5S/c1-13-9-10-14(24-13)12-21-18(19-2)20-11-5-8-17-22-15-6-3-4-7-16(15)23-17/h3-4,6-7,9-10H,5,8,11-12H2,1-2H3,(H,22,23)(H2,19,20,21). The summed E-state index contributed by atoms with van der Waals surface area (Å²) >= 11 is 1.81. The SMILES string of the molecule is CN=C(NCCCc1nc2ccccc2[nH]1)NCc1ccc(C)s1. The highest BCUT2D eigenvalue weighted by atomic mass is 32.1. The Morgan fingerprint density at radius 2 is 2.08 bits per heavy atom. The molecule has 24 heavy (non-hydrogen) atoms. The van der Waals surface area contributed by atoms with Crippen LogP contribution < -0.4 is 10.6 Å². The number of hydrogen-bond acceptors (Lipinski definition) is 3. The molecule has 2 heterocycles. The Morgan fingerprint density at radius 3 is 2.83 bits per heavy atom. The maximum absolute atomic E-state index is 4.60. The van der Waals surface area contributed by atoms with E-state index in [1.165, 1.54) is 9.75 Å². The third-order valence-electron chi connectivity index (χ3n) is 3.77. The summed E-state index contributed by atoms with van der Waals surface area (Å²) in [6, 6.07) is 12.4. The summed E-state index contributed by atoms with van der Waals surface area (Å²) in [7, 11) is 1.80. The minimum absolute atomic E-state index is 0.807. The number of thiophene rings is 1. The summed E-state index contributed by atoms with van der Waals surface area (Å²) in [4.78, 5) is 14.9. The molecular weight excluding hydrogens is 318 g/mol. The molecule has 3 rings (SSSR count). The van der Waals surface area contributed by atoms with Gasteiger partial charge in [0.1, 0.15) is 5.82 Å². The van der Waals surface area contributed by atoms with Crippen molar-refractivity contribution in [2.75, 3.05) is 13.6 Å². The number of aliphatic imine (C=N–C) groups is 1. The highest BCUT2D eigenvalue weighted by Gasteiger charge is 2.03. The van der Waals surface area contributed by atoms with Gasteiger partial charge >= 0.3 is 0 Å². The van der Waals surface area contributed by atoms with E-state index in [-0.39, 0.29) is 0 Å². The van der Waals surface area contributed by atoms with E-state index in [0.717, 1.165) is 48.7 Å². The molecule has 126 valence electrons. The van der Waals surface area contributed by atoms with Gasteiger partial charge in [-0.2, -0.15) is 0 Å². The fourth-order valence-corrected chi connectivity index (χ4v) is 3.39. The van der Waals surface area contributed by atoms with Gasteiger partial charge in [-0.15, -0.1) is 11.3 Å². The average molecular weight is 341 g/mol. The van der Waals surface area contributed by atoms with E-state index in [0.29, 0.717) is 0 Å². The van der Waals surface area contributed by atoms with Crippen molar-refractivity contribution in [2.45, 2.75) is 26.3 Å². The van der Waals surface area contributed by atoms with Gasteiger partial charge in [-0.3, -0.25) is 4.99 Å². The molecular formula is C18H23N5S. The van der Waals surface area contributed by atoms with Gasteiger partial charge in [0, 0.05) is 29.8 Å². The zero-order chi connectivity index (χ0) is 16.8. The largest absolute Gasteiger partial charge is 0.356 e. The average Bonchev–Trinajstić information content (AvgIpc) is 3.19. The van der Waals surface area contributed by atoms with E-state index in [4.69, 9.17) is 0 Å². The number of para-hydroxylation sites is 2. The second kappa shape index (κ2) is 7.97. The number of guanidine groups is 1. The van der Waals surface area contributed by atoms with Gasteiger partial charge in [0.25, 0.3) is 0 Å². The molecule has 0 amide bonds. The number of aryl methyl sites for hydroxylation is 2. The van der Waals surface area contributed by atoms with Crippen LogP contribution in [-0.2, 0) is 13.0 Å². The van der Waals surface area contributed by atoms with Crippen LogP contribution in [0.1, 0.15) is 22.0 Å². The molecule has 0 fully saturated rings. The van der Waals surface area contributed by atoms with Crippen LogP contribution in [0, 0.1) is 6.92 Å². The number of nitrogens with zero attached hydrogens (tertiary/aromatic N) is 2. The fourth-order valence-electron chi connectivity index (χ4n) is 2.56. The molecule has 5 nitrogen and oxygen atoms in total. The van der Waals surface area contributed by atoms with Crippen molar-refractivity contribution in [3.05, 3.63) is 52.0 Å². The van der Waals surface area contributed by atoms with Crippen LogP contribution in [0.3, 0.4) is 0 Å². The minimum atomic E-state index is 0.807. The first-order chi connectivity index (χ1) is 11.7. The summed E-state index contributed by atoms with van der Waals surface area (Å²) in [5.41, 5.74) is 2.13. The molecule has 0 saturated heterocycles. The van der Waals surface area contributed by atoms with Crippen molar-refractivity contribution in [3.8, 4) is 0 Å². The zero-order valence-electron chi connectivity index (χ0n) is 14.1. The lowest BCUT2D eigenvalue weighted by Crippen LogP contribution is -2.37. The number of aromatic nitrogens is 2. The Labute approximate surface area is 146 Å². The Morgan fingerprint density at radius 1 is 1.21 bits per heavy atom. The van der Waals surface area contributed by atoms with Gasteiger partial charge in [-0.05, 0) is 37.6 Å². The predicted octanol–water partition coefficient (Wildman–Crippen LogP) is 3.23. The van der Waals surface area contributed by atoms with Crippen LogP contribution in [0.15, 0.2) is 41.4 Å². The first-order valence-corrected chi connectivity index (χ1v) is 9.00. The molecule has 2 aromatic heterocycles. The number of H-pyrrole nitrogens is 1. The predicted molar refractivity (Wildman–Crippen MR) is 102 cm³/mol. The van der Waals surface area contributed by atoms with Crippen LogP contribution in [0.25, 0.3) is 11.0 Å². The highest BCUT2D eigenvalue weighted by Crippen LogP contribution is 2.14. The van der Waals surface area contributed by atoms with Crippen LogP contribution in [0.4, 0.5) is 0 Å². The van der Waals surface area contributed by atoms with E-state index < -0.39 is 0 Å². The molecule has 0 aliphatic heterocycles. The van der Waals surface area contributed by atoms with Crippen molar-refractivity contribution in [2.24, 2.45) is 4.99 Å². The zero-order valence-corrected chi connectivity index (χ0v) is 14.9. The number of benzene rings is 1. The Kier molecular flexibility index (Phi) is 5.48. The normalized spacial score (nSPS) is 11.8. The molecule has 0 aliphatic rings. The van der Waals surface area contributed by atoms with E-state index in [9.17, 15) is 0 Å².